The maximum atomic E-state index is 11.9. The summed E-state index contributed by atoms with van der Waals surface area (Å²) in [6, 6.07) is 0. The standard InChI is InChI=1S/C13H26N2O3S/c1-13(2,7-9-19(3,17)18)15-12(16)5-4-11-6-8-14-10-11/h11,14H,4-10H2,1-3H3,(H,15,16). The van der Waals surface area contributed by atoms with Crippen LogP contribution in [0.2, 0.25) is 0 Å². The van der Waals surface area contributed by atoms with Gasteiger partial charge in [0.2, 0.25) is 5.91 Å². The summed E-state index contributed by atoms with van der Waals surface area (Å²) in [7, 11) is -2.98. The van der Waals surface area contributed by atoms with Crippen LogP contribution in [0.1, 0.15) is 39.5 Å². The average Bonchev–Trinajstić information content (AvgIpc) is 2.75. The van der Waals surface area contributed by atoms with Crippen LogP contribution in [0.15, 0.2) is 0 Å². The van der Waals surface area contributed by atoms with Crippen LogP contribution in [-0.4, -0.2) is 45.0 Å². The Morgan fingerprint density at radius 1 is 1.42 bits per heavy atom. The second-order valence-corrected chi connectivity index (χ2v) is 8.47. The maximum absolute atomic E-state index is 11.9. The molecule has 5 nitrogen and oxygen atoms in total. The molecule has 1 atom stereocenters. The second-order valence-electron chi connectivity index (χ2n) is 6.21. The second kappa shape index (κ2) is 6.70. The third kappa shape index (κ3) is 7.52. The van der Waals surface area contributed by atoms with Crippen LogP contribution in [0.4, 0.5) is 0 Å². The fourth-order valence-corrected chi connectivity index (χ4v) is 3.12. The van der Waals surface area contributed by atoms with E-state index in [-0.39, 0.29) is 11.7 Å². The average molecular weight is 290 g/mol. The molecule has 1 fully saturated rings. The number of nitrogens with one attached hydrogen (secondary N) is 2. The Labute approximate surface area is 116 Å². The van der Waals surface area contributed by atoms with Crippen LogP contribution in [0, 0.1) is 5.92 Å². The zero-order valence-corrected chi connectivity index (χ0v) is 13.0. The van der Waals surface area contributed by atoms with Gasteiger partial charge < -0.3 is 10.6 Å². The Bertz CT molecular complexity index is 398. The van der Waals surface area contributed by atoms with Crippen LogP contribution in [0.3, 0.4) is 0 Å². The lowest BCUT2D eigenvalue weighted by Gasteiger charge is -2.26. The van der Waals surface area contributed by atoms with Gasteiger partial charge in [-0.2, -0.15) is 0 Å². The van der Waals surface area contributed by atoms with Crippen molar-refractivity contribution < 1.29 is 13.2 Å². The van der Waals surface area contributed by atoms with E-state index in [1.165, 1.54) is 6.26 Å². The summed E-state index contributed by atoms with van der Waals surface area (Å²) in [5, 5.41) is 6.21. The van der Waals surface area contributed by atoms with Crippen molar-refractivity contribution in [2.45, 2.75) is 45.1 Å². The molecule has 1 unspecified atom stereocenters. The molecule has 1 rings (SSSR count). The summed E-state index contributed by atoms with van der Waals surface area (Å²) in [6.07, 6.45) is 4.24. The van der Waals surface area contributed by atoms with Gasteiger partial charge in [-0.25, -0.2) is 8.42 Å². The van der Waals surface area contributed by atoms with Gasteiger partial charge in [0, 0.05) is 18.2 Å². The zero-order chi connectivity index (χ0) is 14.5. The predicted molar refractivity (Wildman–Crippen MR) is 76.8 cm³/mol. The topological polar surface area (TPSA) is 75.3 Å². The van der Waals surface area contributed by atoms with Crippen molar-refractivity contribution in [1.29, 1.82) is 0 Å². The van der Waals surface area contributed by atoms with E-state index in [9.17, 15) is 13.2 Å². The molecular formula is C13H26N2O3S. The molecule has 0 bridgehead atoms. The first-order chi connectivity index (χ1) is 8.68. The van der Waals surface area contributed by atoms with E-state index in [4.69, 9.17) is 0 Å². The zero-order valence-electron chi connectivity index (χ0n) is 12.2. The smallest absolute Gasteiger partial charge is 0.220 e. The quantitative estimate of drug-likeness (QED) is 0.724. The summed E-state index contributed by atoms with van der Waals surface area (Å²) in [4.78, 5) is 11.9. The monoisotopic (exact) mass is 290 g/mol. The first-order valence-corrected chi connectivity index (χ1v) is 8.93. The largest absolute Gasteiger partial charge is 0.351 e. The molecule has 2 N–H and O–H groups in total. The third-order valence-electron chi connectivity index (χ3n) is 3.52. The Morgan fingerprint density at radius 3 is 2.63 bits per heavy atom. The Morgan fingerprint density at radius 2 is 2.11 bits per heavy atom. The normalized spacial score (nSPS) is 20.5. The van der Waals surface area contributed by atoms with Crippen molar-refractivity contribution in [1.82, 2.24) is 10.6 Å². The number of hydrogen-bond acceptors (Lipinski definition) is 4. The molecule has 1 aliphatic rings. The van der Waals surface area contributed by atoms with Gasteiger partial charge in [0.1, 0.15) is 9.84 Å². The summed E-state index contributed by atoms with van der Waals surface area (Å²) >= 11 is 0. The van der Waals surface area contributed by atoms with Gasteiger partial charge in [-0.05, 0) is 52.1 Å². The highest BCUT2D eigenvalue weighted by molar-refractivity contribution is 7.90. The summed E-state index contributed by atoms with van der Waals surface area (Å²) in [5.74, 6) is 0.725. The number of sulfone groups is 1. The molecule has 0 aromatic carbocycles. The molecule has 0 aliphatic carbocycles. The van der Waals surface area contributed by atoms with Gasteiger partial charge in [-0.3, -0.25) is 4.79 Å². The van der Waals surface area contributed by atoms with Crippen molar-refractivity contribution >= 4 is 15.7 Å². The molecule has 1 amide bonds. The van der Waals surface area contributed by atoms with Gasteiger partial charge in [0.05, 0.1) is 5.75 Å². The lowest BCUT2D eigenvalue weighted by atomic mass is 9.99. The van der Waals surface area contributed by atoms with Crippen LogP contribution >= 0.6 is 0 Å². The van der Waals surface area contributed by atoms with Gasteiger partial charge in [-0.15, -0.1) is 0 Å². The molecule has 112 valence electrons. The molecule has 0 spiro atoms. The van der Waals surface area contributed by atoms with Crippen LogP contribution < -0.4 is 10.6 Å². The molecule has 6 heteroatoms. The van der Waals surface area contributed by atoms with Gasteiger partial charge >= 0.3 is 0 Å². The summed E-state index contributed by atoms with van der Waals surface area (Å²) in [5.41, 5.74) is -0.464. The van der Waals surface area contributed by atoms with Crippen molar-refractivity contribution in [2.24, 2.45) is 5.92 Å². The number of amides is 1. The van der Waals surface area contributed by atoms with E-state index in [1.54, 1.807) is 0 Å². The number of rotatable bonds is 7. The number of carbonyl (C=O) groups is 1. The molecule has 0 radical (unpaired) electrons. The maximum Gasteiger partial charge on any atom is 0.220 e. The summed E-state index contributed by atoms with van der Waals surface area (Å²) < 4.78 is 22.3. The van der Waals surface area contributed by atoms with Gasteiger partial charge in [-0.1, -0.05) is 0 Å². The first kappa shape index (κ1) is 16.4. The lowest BCUT2D eigenvalue weighted by Crippen LogP contribution is -2.44. The van der Waals surface area contributed by atoms with E-state index in [0.717, 1.165) is 25.9 Å². The third-order valence-corrected chi connectivity index (χ3v) is 4.46. The van der Waals surface area contributed by atoms with Crippen LogP contribution in [0.25, 0.3) is 0 Å². The first-order valence-electron chi connectivity index (χ1n) is 6.87. The van der Waals surface area contributed by atoms with E-state index in [0.29, 0.717) is 18.8 Å². The predicted octanol–water partition coefficient (Wildman–Crippen LogP) is 0.706. The molecule has 1 saturated heterocycles. The van der Waals surface area contributed by atoms with Crippen molar-refractivity contribution in [3.63, 3.8) is 0 Å². The molecular weight excluding hydrogens is 264 g/mol. The number of hydrogen-bond donors (Lipinski definition) is 2. The molecule has 19 heavy (non-hydrogen) atoms. The van der Waals surface area contributed by atoms with Crippen LogP contribution in [-0.2, 0) is 14.6 Å². The molecule has 0 aromatic rings. The van der Waals surface area contributed by atoms with Gasteiger partial charge in [0.25, 0.3) is 0 Å². The molecule has 0 saturated carbocycles. The van der Waals surface area contributed by atoms with Crippen molar-refractivity contribution in [3.05, 3.63) is 0 Å². The highest BCUT2D eigenvalue weighted by atomic mass is 32.2. The summed E-state index contributed by atoms with van der Waals surface area (Å²) in [6.45, 7) is 5.79. The Balaban J connectivity index is 2.28. The minimum absolute atomic E-state index is 0.0189. The fourth-order valence-electron chi connectivity index (χ4n) is 2.24. The molecule has 1 heterocycles. The van der Waals surface area contributed by atoms with E-state index in [2.05, 4.69) is 10.6 Å². The fraction of sp³-hybridized carbons (Fsp3) is 0.923. The minimum Gasteiger partial charge on any atom is -0.351 e. The molecule has 1 aliphatic heterocycles. The number of carbonyl (C=O) groups excluding carboxylic acids is 1. The Hall–Kier alpha value is -0.620. The lowest BCUT2D eigenvalue weighted by molar-refractivity contribution is -0.123. The van der Waals surface area contributed by atoms with E-state index in [1.807, 2.05) is 13.8 Å². The van der Waals surface area contributed by atoms with E-state index >= 15 is 0 Å². The highest BCUT2D eigenvalue weighted by Gasteiger charge is 2.23. The highest BCUT2D eigenvalue weighted by Crippen LogP contribution is 2.15. The van der Waals surface area contributed by atoms with Crippen molar-refractivity contribution in [3.8, 4) is 0 Å². The molecule has 0 aromatic heterocycles. The van der Waals surface area contributed by atoms with E-state index < -0.39 is 15.4 Å². The van der Waals surface area contributed by atoms with Crippen LogP contribution in [0.5, 0.6) is 0 Å². The Kier molecular flexibility index (Phi) is 5.80. The van der Waals surface area contributed by atoms with Crippen molar-refractivity contribution in [2.75, 3.05) is 25.1 Å². The minimum atomic E-state index is -2.98. The SMILES string of the molecule is CC(C)(CCS(C)(=O)=O)NC(=O)CCC1CCNC1. The van der Waals surface area contributed by atoms with Gasteiger partial charge in [0.15, 0.2) is 0 Å².